The lowest BCUT2D eigenvalue weighted by Crippen LogP contribution is -2.32. The summed E-state index contributed by atoms with van der Waals surface area (Å²) in [6.07, 6.45) is 0.320. The van der Waals surface area contributed by atoms with Crippen LogP contribution in [0, 0.1) is 11.6 Å². The predicted octanol–water partition coefficient (Wildman–Crippen LogP) is 1.92. The van der Waals surface area contributed by atoms with Gasteiger partial charge in [0.25, 0.3) is 0 Å². The van der Waals surface area contributed by atoms with Crippen LogP contribution in [0.1, 0.15) is 18.9 Å². The molecule has 0 radical (unpaired) electrons. The average molecular weight is 256 g/mol. The van der Waals surface area contributed by atoms with Crippen molar-refractivity contribution in [3.8, 4) is 0 Å². The molecule has 0 aliphatic rings. The molecule has 0 unspecified atom stereocenters. The molecule has 3 nitrogen and oxygen atoms in total. The maximum Gasteiger partial charge on any atom is 0.224 e. The fourth-order valence-corrected chi connectivity index (χ4v) is 1.64. The smallest absolute Gasteiger partial charge is 0.224 e. The van der Waals surface area contributed by atoms with Gasteiger partial charge in [-0.3, -0.25) is 4.79 Å². The van der Waals surface area contributed by atoms with Crippen molar-refractivity contribution >= 4 is 5.91 Å². The molecule has 0 heterocycles. The van der Waals surface area contributed by atoms with Crippen LogP contribution in [0.3, 0.4) is 0 Å². The second-order valence-corrected chi connectivity index (χ2v) is 3.96. The van der Waals surface area contributed by atoms with E-state index in [0.717, 1.165) is 0 Å². The zero-order valence-electron chi connectivity index (χ0n) is 10.7. The lowest BCUT2D eigenvalue weighted by Gasteiger charge is -2.21. The monoisotopic (exact) mass is 256 g/mol. The van der Waals surface area contributed by atoms with Gasteiger partial charge in [-0.05, 0) is 26.1 Å². The molecular formula is C13H18F2N2O. The number of amides is 1. The van der Waals surface area contributed by atoms with Gasteiger partial charge in [0.15, 0.2) is 0 Å². The van der Waals surface area contributed by atoms with Gasteiger partial charge in [-0.1, -0.05) is 6.07 Å². The lowest BCUT2D eigenvalue weighted by atomic mass is 10.1. The van der Waals surface area contributed by atoms with Gasteiger partial charge in [0.2, 0.25) is 5.91 Å². The van der Waals surface area contributed by atoms with Gasteiger partial charge in [0, 0.05) is 25.1 Å². The zero-order chi connectivity index (χ0) is 13.5. The van der Waals surface area contributed by atoms with Gasteiger partial charge in [-0.25, -0.2) is 8.78 Å². The molecule has 0 saturated carbocycles. The minimum atomic E-state index is -0.616. The SMILES string of the molecule is CCN(Cc1c(F)cccc1F)C(=O)CCNC. The van der Waals surface area contributed by atoms with Crippen molar-refractivity contribution in [3.05, 3.63) is 35.4 Å². The molecule has 1 aromatic rings. The van der Waals surface area contributed by atoms with Crippen LogP contribution in [0.2, 0.25) is 0 Å². The Morgan fingerprint density at radius 3 is 2.44 bits per heavy atom. The Labute approximate surface area is 106 Å². The van der Waals surface area contributed by atoms with Crippen LogP contribution >= 0.6 is 0 Å². The summed E-state index contributed by atoms with van der Waals surface area (Å²) >= 11 is 0. The summed E-state index contributed by atoms with van der Waals surface area (Å²) in [6, 6.07) is 3.71. The number of hydrogen-bond acceptors (Lipinski definition) is 2. The summed E-state index contributed by atoms with van der Waals surface area (Å²) in [4.78, 5) is 13.2. The van der Waals surface area contributed by atoms with Gasteiger partial charge >= 0.3 is 0 Å². The third-order valence-electron chi connectivity index (χ3n) is 2.73. The van der Waals surface area contributed by atoms with Crippen molar-refractivity contribution < 1.29 is 13.6 Å². The normalized spacial score (nSPS) is 10.4. The Balaban J connectivity index is 2.76. The van der Waals surface area contributed by atoms with Crippen LogP contribution in [-0.4, -0.2) is 30.9 Å². The molecule has 1 N–H and O–H groups in total. The molecule has 1 aromatic carbocycles. The lowest BCUT2D eigenvalue weighted by molar-refractivity contribution is -0.131. The van der Waals surface area contributed by atoms with E-state index in [1.807, 2.05) is 0 Å². The van der Waals surface area contributed by atoms with Crippen LogP contribution in [0.25, 0.3) is 0 Å². The average Bonchev–Trinajstić information content (AvgIpc) is 2.35. The molecule has 1 amide bonds. The number of nitrogens with one attached hydrogen (secondary N) is 1. The maximum atomic E-state index is 13.5. The van der Waals surface area contributed by atoms with E-state index < -0.39 is 11.6 Å². The van der Waals surface area contributed by atoms with E-state index in [4.69, 9.17) is 0 Å². The van der Waals surface area contributed by atoms with Crippen LogP contribution in [0.15, 0.2) is 18.2 Å². The topological polar surface area (TPSA) is 32.3 Å². The fraction of sp³-hybridized carbons (Fsp3) is 0.462. The summed E-state index contributed by atoms with van der Waals surface area (Å²) in [5.74, 6) is -1.35. The van der Waals surface area contributed by atoms with Crippen molar-refractivity contribution in [1.82, 2.24) is 10.2 Å². The first-order chi connectivity index (χ1) is 8.60. The zero-order valence-corrected chi connectivity index (χ0v) is 10.7. The quantitative estimate of drug-likeness (QED) is 0.843. The van der Waals surface area contributed by atoms with Gasteiger partial charge in [-0.2, -0.15) is 0 Å². The summed E-state index contributed by atoms with van der Waals surface area (Å²) < 4.78 is 26.9. The van der Waals surface area contributed by atoms with Crippen LogP contribution < -0.4 is 5.32 Å². The Kier molecular flexibility index (Phi) is 5.71. The predicted molar refractivity (Wildman–Crippen MR) is 66.0 cm³/mol. The molecule has 0 fully saturated rings. The third-order valence-corrected chi connectivity index (χ3v) is 2.73. The van der Waals surface area contributed by atoms with Crippen LogP contribution in [0.4, 0.5) is 8.78 Å². The molecule has 100 valence electrons. The Bertz CT molecular complexity index is 390. The Morgan fingerprint density at radius 1 is 1.33 bits per heavy atom. The van der Waals surface area contributed by atoms with Gasteiger partial charge in [0.05, 0.1) is 6.54 Å². The highest BCUT2D eigenvalue weighted by molar-refractivity contribution is 5.76. The number of nitrogens with zero attached hydrogens (tertiary/aromatic N) is 1. The molecule has 0 aromatic heterocycles. The third kappa shape index (κ3) is 3.77. The first kappa shape index (κ1) is 14.6. The number of benzene rings is 1. The molecule has 1 rings (SSSR count). The van der Waals surface area contributed by atoms with E-state index >= 15 is 0 Å². The number of halogens is 2. The van der Waals surface area contributed by atoms with E-state index in [1.165, 1.54) is 23.1 Å². The van der Waals surface area contributed by atoms with Crippen molar-refractivity contribution in [2.75, 3.05) is 20.1 Å². The van der Waals surface area contributed by atoms with E-state index in [1.54, 1.807) is 14.0 Å². The highest BCUT2D eigenvalue weighted by Gasteiger charge is 2.16. The van der Waals surface area contributed by atoms with E-state index in [9.17, 15) is 13.6 Å². The minimum absolute atomic E-state index is 0.0302. The van der Waals surface area contributed by atoms with E-state index in [2.05, 4.69) is 5.32 Å². The van der Waals surface area contributed by atoms with E-state index in [-0.39, 0.29) is 18.0 Å². The minimum Gasteiger partial charge on any atom is -0.338 e. The maximum absolute atomic E-state index is 13.5. The van der Waals surface area contributed by atoms with Gasteiger partial charge in [-0.15, -0.1) is 0 Å². The summed E-state index contributed by atoms with van der Waals surface area (Å²) in [6.45, 7) is 2.74. The largest absolute Gasteiger partial charge is 0.338 e. The van der Waals surface area contributed by atoms with Crippen molar-refractivity contribution in [2.45, 2.75) is 19.9 Å². The molecule has 0 spiro atoms. The number of carbonyl (C=O) groups is 1. The standard InChI is InChI=1S/C13H18F2N2O/c1-3-17(13(18)7-8-16-2)9-10-11(14)5-4-6-12(10)15/h4-6,16H,3,7-9H2,1-2H3. The summed E-state index contributed by atoms with van der Waals surface area (Å²) in [5.41, 5.74) is -0.0582. The first-order valence-corrected chi connectivity index (χ1v) is 5.95. The fourth-order valence-electron chi connectivity index (χ4n) is 1.64. The number of carbonyl (C=O) groups excluding carboxylic acids is 1. The van der Waals surface area contributed by atoms with Crippen molar-refractivity contribution in [3.63, 3.8) is 0 Å². The first-order valence-electron chi connectivity index (χ1n) is 5.95. The van der Waals surface area contributed by atoms with E-state index in [0.29, 0.717) is 19.5 Å². The summed E-state index contributed by atoms with van der Waals surface area (Å²) in [7, 11) is 1.75. The van der Waals surface area contributed by atoms with Gasteiger partial charge in [0.1, 0.15) is 11.6 Å². The Hall–Kier alpha value is -1.49. The summed E-state index contributed by atoms with van der Waals surface area (Å²) in [5, 5.41) is 2.87. The van der Waals surface area contributed by atoms with Crippen molar-refractivity contribution in [1.29, 1.82) is 0 Å². The Morgan fingerprint density at radius 2 is 1.94 bits per heavy atom. The van der Waals surface area contributed by atoms with Crippen LogP contribution in [-0.2, 0) is 11.3 Å². The molecule has 0 saturated heterocycles. The molecule has 0 bridgehead atoms. The molecule has 18 heavy (non-hydrogen) atoms. The molecule has 0 atom stereocenters. The second kappa shape index (κ2) is 7.06. The second-order valence-electron chi connectivity index (χ2n) is 3.96. The number of hydrogen-bond donors (Lipinski definition) is 1. The molecule has 0 aliphatic heterocycles. The van der Waals surface area contributed by atoms with Crippen molar-refractivity contribution in [2.24, 2.45) is 0 Å². The van der Waals surface area contributed by atoms with Gasteiger partial charge < -0.3 is 10.2 Å². The molecule has 5 heteroatoms. The molecule has 0 aliphatic carbocycles. The number of rotatable bonds is 6. The highest BCUT2D eigenvalue weighted by Crippen LogP contribution is 2.15. The highest BCUT2D eigenvalue weighted by atomic mass is 19.1. The molecular weight excluding hydrogens is 238 g/mol. The van der Waals surface area contributed by atoms with Crippen LogP contribution in [0.5, 0.6) is 0 Å².